The summed E-state index contributed by atoms with van der Waals surface area (Å²) in [6.45, 7) is 7.00. The van der Waals surface area contributed by atoms with Crippen LogP contribution in [0.25, 0.3) is 0 Å². The molecule has 7 nitrogen and oxygen atoms in total. The van der Waals surface area contributed by atoms with Crippen molar-refractivity contribution in [3.63, 3.8) is 0 Å². The first-order valence-corrected chi connectivity index (χ1v) is 8.76. The van der Waals surface area contributed by atoms with Crippen molar-refractivity contribution in [2.75, 3.05) is 13.1 Å². The number of hydrogen-bond acceptors (Lipinski definition) is 6. The third-order valence-electron chi connectivity index (χ3n) is 4.21. The summed E-state index contributed by atoms with van der Waals surface area (Å²) in [5.74, 6) is 0.978. The van der Waals surface area contributed by atoms with Crippen LogP contribution in [0.15, 0.2) is 39.2 Å². The van der Waals surface area contributed by atoms with Gasteiger partial charge in [0.25, 0.3) is 0 Å². The van der Waals surface area contributed by atoms with E-state index in [1.807, 2.05) is 30.7 Å². The van der Waals surface area contributed by atoms with Crippen LogP contribution in [0.1, 0.15) is 23.2 Å². The van der Waals surface area contributed by atoms with E-state index < -0.39 is 0 Å². The van der Waals surface area contributed by atoms with Crippen molar-refractivity contribution in [3.8, 4) is 0 Å². The van der Waals surface area contributed by atoms with E-state index in [-0.39, 0.29) is 0 Å². The minimum absolute atomic E-state index is 0.473. The van der Waals surface area contributed by atoms with Crippen molar-refractivity contribution in [2.45, 2.75) is 36.7 Å². The van der Waals surface area contributed by atoms with Crippen molar-refractivity contribution in [3.05, 3.63) is 41.7 Å². The predicted octanol–water partition coefficient (Wildman–Crippen LogP) is 2.43. The molecule has 0 atom stereocenters. The molecule has 126 valence electrons. The van der Waals surface area contributed by atoms with Gasteiger partial charge in [0.1, 0.15) is 12.1 Å². The van der Waals surface area contributed by atoms with Crippen LogP contribution in [0, 0.1) is 13.8 Å². The summed E-state index contributed by atoms with van der Waals surface area (Å²) in [5.41, 5.74) is 2.32. The van der Waals surface area contributed by atoms with Crippen LogP contribution in [-0.2, 0) is 13.6 Å². The Morgan fingerprint density at radius 3 is 2.79 bits per heavy atom. The van der Waals surface area contributed by atoms with E-state index in [2.05, 4.69) is 37.9 Å². The zero-order valence-electron chi connectivity index (χ0n) is 14.0. The van der Waals surface area contributed by atoms with Crippen molar-refractivity contribution < 1.29 is 4.42 Å². The molecule has 0 amide bonds. The number of aromatic nitrogens is 5. The average Bonchev–Trinajstić information content (AvgIpc) is 3.18. The minimum Gasteiger partial charge on any atom is -0.453 e. The highest BCUT2D eigenvalue weighted by Crippen LogP contribution is 2.29. The number of hydrogen-bond donors (Lipinski definition) is 0. The van der Waals surface area contributed by atoms with Gasteiger partial charge in [-0.2, -0.15) is 5.10 Å². The van der Waals surface area contributed by atoms with Crippen molar-refractivity contribution in [2.24, 2.45) is 7.05 Å². The molecule has 1 saturated heterocycles. The third-order valence-corrected chi connectivity index (χ3v) is 5.18. The van der Waals surface area contributed by atoms with E-state index in [1.54, 1.807) is 6.33 Å². The fourth-order valence-electron chi connectivity index (χ4n) is 3.02. The molecule has 24 heavy (non-hydrogen) atoms. The molecule has 1 aliphatic heterocycles. The Morgan fingerprint density at radius 2 is 2.12 bits per heavy atom. The smallest absolute Gasteiger partial charge is 0.198 e. The van der Waals surface area contributed by atoms with Crippen LogP contribution in [-0.4, -0.2) is 42.5 Å². The van der Waals surface area contributed by atoms with Crippen molar-refractivity contribution >= 4 is 11.8 Å². The predicted molar refractivity (Wildman–Crippen MR) is 89.8 cm³/mol. The maximum absolute atomic E-state index is 5.90. The van der Waals surface area contributed by atoms with Crippen LogP contribution < -0.4 is 0 Å². The normalized spacial score (nSPS) is 15.8. The Balaban J connectivity index is 1.33. The van der Waals surface area contributed by atoms with Gasteiger partial charge in [0.05, 0.1) is 18.3 Å². The second-order valence-electron chi connectivity index (χ2n) is 6.27. The molecule has 0 aromatic carbocycles. The number of nitrogens with zero attached hydrogens (tertiary/aromatic N) is 6. The van der Waals surface area contributed by atoms with E-state index in [0.717, 1.165) is 41.3 Å². The summed E-state index contributed by atoms with van der Waals surface area (Å²) in [5, 5.41) is 14.2. The van der Waals surface area contributed by atoms with E-state index >= 15 is 0 Å². The first-order valence-electron chi connectivity index (χ1n) is 7.94. The molecule has 3 aromatic heterocycles. The van der Waals surface area contributed by atoms with Crippen LogP contribution >= 0.6 is 11.8 Å². The van der Waals surface area contributed by atoms with Gasteiger partial charge in [-0.15, -0.1) is 10.2 Å². The molecule has 4 rings (SSSR count). The van der Waals surface area contributed by atoms with Crippen LogP contribution in [0.5, 0.6) is 0 Å². The first-order chi connectivity index (χ1) is 11.6. The Labute approximate surface area is 144 Å². The fourth-order valence-corrected chi connectivity index (χ4v) is 3.76. The maximum Gasteiger partial charge on any atom is 0.198 e. The molecule has 0 bridgehead atoms. The number of aryl methyl sites for hydroxylation is 3. The zero-order chi connectivity index (χ0) is 16.7. The van der Waals surface area contributed by atoms with Gasteiger partial charge in [0.2, 0.25) is 0 Å². The Hall–Kier alpha value is -2.06. The van der Waals surface area contributed by atoms with E-state index in [1.165, 1.54) is 17.5 Å². The highest BCUT2D eigenvalue weighted by atomic mass is 32.2. The molecule has 0 radical (unpaired) electrons. The van der Waals surface area contributed by atoms with Gasteiger partial charge in [-0.3, -0.25) is 9.58 Å². The summed E-state index contributed by atoms with van der Waals surface area (Å²) in [4.78, 5) is 2.37. The highest BCUT2D eigenvalue weighted by molar-refractivity contribution is 7.99. The molecule has 1 fully saturated rings. The number of rotatable bonds is 5. The van der Waals surface area contributed by atoms with Gasteiger partial charge in [-0.25, -0.2) is 0 Å². The molecule has 3 aromatic rings. The van der Waals surface area contributed by atoms with Gasteiger partial charge < -0.3 is 8.98 Å². The van der Waals surface area contributed by atoms with Gasteiger partial charge in [-0.1, -0.05) is 0 Å². The summed E-state index contributed by atoms with van der Waals surface area (Å²) in [6.07, 6.45) is 1.69. The molecular weight excluding hydrogens is 324 g/mol. The van der Waals surface area contributed by atoms with Gasteiger partial charge >= 0.3 is 0 Å². The molecule has 4 heterocycles. The van der Waals surface area contributed by atoms with E-state index in [9.17, 15) is 0 Å². The summed E-state index contributed by atoms with van der Waals surface area (Å²) in [7, 11) is 1.92. The topological polar surface area (TPSA) is 64.9 Å². The van der Waals surface area contributed by atoms with E-state index in [4.69, 9.17) is 4.42 Å². The molecule has 0 spiro atoms. The summed E-state index contributed by atoms with van der Waals surface area (Å²) in [6, 6.07) is 6.63. The highest BCUT2D eigenvalue weighted by Gasteiger charge is 2.30. The first kappa shape index (κ1) is 15.5. The van der Waals surface area contributed by atoms with Crippen LogP contribution in [0.4, 0.5) is 0 Å². The second kappa shape index (κ2) is 6.10. The van der Waals surface area contributed by atoms with Crippen LogP contribution in [0.3, 0.4) is 0 Å². The Bertz CT molecular complexity index is 845. The Morgan fingerprint density at radius 1 is 1.29 bits per heavy atom. The lowest BCUT2D eigenvalue weighted by Gasteiger charge is -2.39. The van der Waals surface area contributed by atoms with Crippen molar-refractivity contribution in [1.29, 1.82) is 0 Å². The van der Waals surface area contributed by atoms with Crippen LogP contribution in [0.2, 0.25) is 0 Å². The minimum atomic E-state index is 0.473. The van der Waals surface area contributed by atoms with Gasteiger partial charge in [0, 0.05) is 25.8 Å². The molecule has 8 heteroatoms. The maximum atomic E-state index is 5.90. The largest absolute Gasteiger partial charge is 0.453 e. The Kier molecular flexibility index (Phi) is 3.93. The SMILES string of the molecule is Cc1cc(C)n(C2CN(Cc3ccc(Sc4nncn4C)o3)C2)n1. The summed E-state index contributed by atoms with van der Waals surface area (Å²) >= 11 is 1.49. The standard InChI is InChI=1S/C16H20N6OS/c1-11-6-12(2)22(19-11)13-7-21(8-13)9-14-4-5-15(23-14)24-16-18-17-10-20(16)3/h4-6,10,13H,7-9H2,1-3H3. The molecular formula is C16H20N6OS. The molecule has 0 N–H and O–H groups in total. The molecule has 0 unspecified atom stereocenters. The third kappa shape index (κ3) is 2.99. The average molecular weight is 344 g/mol. The monoisotopic (exact) mass is 344 g/mol. The lowest BCUT2D eigenvalue weighted by atomic mass is 10.1. The van der Waals surface area contributed by atoms with Gasteiger partial charge in [-0.05, 0) is 43.8 Å². The number of likely N-dealkylation sites (tertiary alicyclic amines) is 1. The van der Waals surface area contributed by atoms with Crippen molar-refractivity contribution in [1.82, 2.24) is 29.4 Å². The molecule has 0 aliphatic carbocycles. The molecule has 1 aliphatic rings. The molecule has 0 saturated carbocycles. The quantitative estimate of drug-likeness (QED) is 0.708. The second-order valence-corrected chi connectivity index (χ2v) is 7.24. The zero-order valence-corrected chi connectivity index (χ0v) is 14.8. The van der Waals surface area contributed by atoms with E-state index in [0.29, 0.717) is 6.04 Å². The lowest BCUT2D eigenvalue weighted by molar-refractivity contribution is 0.0807. The fraction of sp³-hybridized carbons (Fsp3) is 0.438. The van der Waals surface area contributed by atoms with Gasteiger partial charge in [0.15, 0.2) is 10.2 Å². The number of furan rings is 1. The lowest BCUT2D eigenvalue weighted by Crippen LogP contribution is -2.47. The summed E-state index contributed by atoms with van der Waals surface area (Å²) < 4.78 is 9.92.